The Kier molecular flexibility index (Phi) is 4.89. The Balaban J connectivity index is 1.94. The molecule has 0 aromatic heterocycles. The molecule has 1 aliphatic rings. The third-order valence-electron chi connectivity index (χ3n) is 3.32. The van der Waals surface area contributed by atoms with E-state index in [4.69, 9.17) is 0 Å². The first-order valence-electron chi connectivity index (χ1n) is 7.25. The number of hydrogen-bond acceptors (Lipinski definition) is 3. The monoisotopic (exact) mass is 349 g/mol. The minimum absolute atomic E-state index is 0.167. The van der Waals surface area contributed by atoms with Crippen LogP contribution in [0.3, 0.4) is 0 Å². The molecule has 1 aliphatic heterocycles. The maximum absolute atomic E-state index is 12.4. The third kappa shape index (κ3) is 4.17. The van der Waals surface area contributed by atoms with Gasteiger partial charge in [0.25, 0.3) is 0 Å². The van der Waals surface area contributed by atoms with Crippen LogP contribution in [0.25, 0.3) is 0 Å². The number of alkyl halides is 3. The van der Waals surface area contributed by atoms with Crippen molar-refractivity contribution in [2.45, 2.75) is 11.4 Å². The summed E-state index contributed by atoms with van der Waals surface area (Å²) in [7, 11) is 0. The highest BCUT2D eigenvalue weighted by Gasteiger charge is 2.30. The van der Waals surface area contributed by atoms with E-state index < -0.39 is 12.7 Å². The summed E-state index contributed by atoms with van der Waals surface area (Å²) >= 11 is 1.24. The van der Waals surface area contributed by atoms with Gasteiger partial charge in [-0.3, -0.25) is 10.4 Å². The number of aliphatic imine (C=N–C) groups is 1. The molecule has 0 aliphatic carbocycles. The molecule has 3 rings (SSSR count). The molecule has 0 saturated heterocycles. The first kappa shape index (κ1) is 16.6. The van der Waals surface area contributed by atoms with Crippen molar-refractivity contribution in [1.29, 1.82) is 0 Å². The molecular formula is C17H14F3N3S. The summed E-state index contributed by atoms with van der Waals surface area (Å²) in [4.78, 5) is 3.59. The molecule has 0 saturated carbocycles. The van der Waals surface area contributed by atoms with Gasteiger partial charge in [-0.2, -0.15) is 18.3 Å². The predicted octanol–water partition coefficient (Wildman–Crippen LogP) is 4.39. The van der Waals surface area contributed by atoms with Crippen LogP contribution < -0.4 is 5.43 Å². The van der Waals surface area contributed by atoms with E-state index in [1.807, 2.05) is 60.7 Å². The molecule has 2 aromatic rings. The number of benzene rings is 2. The van der Waals surface area contributed by atoms with Crippen LogP contribution >= 0.6 is 11.8 Å². The molecule has 0 spiro atoms. The zero-order valence-electron chi connectivity index (χ0n) is 12.5. The number of hydrogen-bond donors (Lipinski definition) is 1. The molecule has 1 unspecified atom stereocenters. The number of nitrogens with one attached hydrogen (secondary N) is 1. The molecule has 2 aromatic carbocycles. The molecule has 0 fully saturated rings. The zero-order valence-corrected chi connectivity index (χ0v) is 13.3. The molecule has 1 heterocycles. The van der Waals surface area contributed by atoms with E-state index in [9.17, 15) is 13.2 Å². The highest BCUT2D eigenvalue weighted by atomic mass is 32.2. The Morgan fingerprint density at radius 1 is 1.00 bits per heavy atom. The van der Waals surface area contributed by atoms with E-state index in [0.29, 0.717) is 0 Å². The summed E-state index contributed by atoms with van der Waals surface area (Å²) < 4.78 is 37.2. The van der Waals surface area contributed by atoms with Crippen LogP contribution in [0.2, 0.25) is 0 Å². The summed E-state index contributed by atoms with van der Waals surface area (Å²) in [6.45, 7) is -1.22. The summed E-state index contributed by atoms with van der Waals surface area (Å²) in [6, 6.07) is 19.1. The fraction of sp³-hybridized carbons (Fsp3) is 0.176. The molecule has 24 heavy (non-hydrogen) atoms. The first-order chi connectivity index (χ1) is 11.5. The van der Waals surface area contributed by atoms with Crippen LogP contribution in [-0.2, 0) is 0 Å². The van der Waals surface area contributed by atoms with Crippen molar-refractivity contribution in [3.63, 3.8) is 0 Å². The molecule has 1 atom stereocenters. The second-order valence-corrected chi connectivity index (χ2v) is 6.21. The summed E-state index contributed by atoms with van der Waals surface area (Å²) in [5.74, 6) is 0. The van der Waals surface area contributed by atoms with Crippen molar-refractivity contribution in [1.82, 2.24) is 5.43 Å². The van der Waals surface area contributed by atoms with Gasteiger partial charge >= 0.3 is 6.18 Å². The lowest BCUT2D eigenvalue weighted by molar-refractivity contribution is -0.118. The predicted molar refractivity (Wildman–Crippen MR) is 91.2 cm³/mol. The van der Waals surface area contributed by atoms with Gasteiger partial charge in [-0.1, -0.05) is 72.4 Å². The Hall–Kier alpha value is -2.28. The zero-order chi connectivity index (χ0) is 17.0. The number of amidine groups is 1. The number of rotatable bonds is 3. The van der Waals surface area contributed by atoms with E-state index in [2.05, 4.69) is 15.5 Å². The highest BCUT2D eigenvalue weighted by molar-refractivity contribution is 8.14. The molecule has 7 heteroatoms. The smallest absolute Gasteiger partial charge is 0.256 e. The van der Waals surface area contributed by atoms with Gasteiger partial charge in [-0.25, -0.2) is 0 Å². The van der Waals surface area contributed by atoms with E-state index in [1.54, 1.807) is 0 Å². The first-order valence-corrected chi connectivity index (χ1v) is 8.13. The molecule has 124 valence electrons. The van der Waals surface area contributed by atoms with Crippen LogP contribution in [0.1, 0.15) is 16.4 Å². The van der Waals surface area contributed by atoms with Gasteiger partial charge in [0.2, 0.25) is 0 Å². The summed E-state index contributed by atoms with van der Waals surface area (Å²) in [6.07, 6.45) is -4.33. The Morgan fingerprint density at radius 3 is 2.25 bits per heavy atom. The molecule has 3 nitrogen and oxygen atoms in total. The SMILES string of the molecule is FC(F)(F)CN=C1NN=C(c2ccccc2)C(c2ccccc2)S1. The van der Waals surface area contributed by atoms with Crippen molar-refractivity contribution in [3.05, 3.63) is 71.8 Å². The van der Waals surface area contributed by atoms with E-state index in [-0.39, 0.29) is 10.4 Å². The Bertz CT molecular complexity index is 743. The highest BCUT2D eigenvalue weighted by Crippen LogP contribution is 2.35. The molecule has 0 amide bonds. The fourth-order valence-corrected chi connectivity index (χ4v) is 3.33. The van der Waals surface area contributed by atoms with Crippen molar-refractivity contribution in [3.8, 4) is 0 Å². The molecule has 1 N–H and O–H groups in total. The van der Waals surface area contributed by atoms with Gasteiger partial charge in [0.15, 0.2) is 5.17 Å². The number of nitrogens with zero attached hydrogens (tertiary/aromatic N) is 2. The van der Waals surface area contributed by atoms with E-state index >= 15 is 0 Å². The maximum atomic E-state index is 12.4. The number of halogens is 3. The topological polar surface area (TPSA) is 36.8 Å². The molecule has 0 radical (unpaired) electrons. The van der Waals surface area contributed by atoms with Gasteiger partial charge in [0.05, 0.1) is 11.0 Å². The fourth-order valence-electron chi connectivity index (χ4n) is 2.27. The van der Waals surface area contributed by atoms with Crippen molar-refractivity contribution >= 4 is 22.6 Å². The van der Waals surface area contributed by atoms with Crippen LogP contribution in [0.4, 0.5) is 13.2 Å². The minimum atomic E-state index is -4.33. The standard InChI is InChI=1S/C17H14F3N3S/c18-17(19,20)11-21-16-23-22-14(12-7-3-1-4-8-12)15(24-16)13-9-5-2-6-10-13/h1-10,15H,11H2,(H,21,23). The lowest BCUT2D eigenvalue weighted by Gasteiger charge is -2.25. The lowest BCUT2D eigenvalue weighted by atomic mass is 10.0. The average molecular weight is 349 g/mol. The summed E-state index contributed by atoms with van der Waals surface area (Å²) in [5, 5.41) is 4.23. The van der Waals surface area contributed by atoms with E-state index in [1.165, 1.54) is 11.8 Å². The van der Waals surface area contributed by atoms with Gasteiger partial charge in [0.1, 0.15) is 6.54 Å². The number of hydrazone groups is 1. The minimum Gasteiger partial charge on any atom is -0.256 e. The normalized spacial score (nSPS) is 19.7. The third-order valence-corrected chi connectivity index (χ3v) is 4.50. The van der Waals surface area contributed by atoms with Crippen molar-refractivity contribution < 1.29 is 13.2 Å². The molecule has 0 bridgehead atoms. The van der Waals surface area contributed by atoms with Crippen LogP contribution in [0.15, 0.2) is 70.8 Å². The van der Waals surface area contributed by atoms with E-state index in [0.717, 1.165) is 16.8 Å². The van der Waals surface area contributed by atoms with Crippen molar-refractivity contribution in [2.75, 3.05) is 6.54 Å². The molecular weight excluding hydrogens is 335 g/mol. The number of thioether (sulfide) groups is 1. The maximum Gasteiger partial charge on any atom is 0.408 e. The van der Waals surface area contributed by atoms with Crippen molar-refractivity contribution in [2.24, 2.45) is 10.1 Å². The average Bonchev–Trinajstić information content (AvgIpc) is 2.61. The van der Waals surface area contributed by atoms with Crippen LogP contribution in [0.5, 0.6) is 0 Å². The van der Waals surface area contributed by atoms with Crippen LogP contribution in [0, 0.1) is 0 Å². The van der Waals surface area contributed by atoms with Gasteiger partial charge in [-0.05, 0) is 11.1 Å². The second kappa shape index (κ2) is 7.09. The Morgan fingerprint density at radius 2 is 1.62 bits per heavy atom. The van der Waals surface area contributed by atoms with Gasteiger partial charge in [0, 0.05) is 0 Å². The largest absolute Gasteiger partial charge is 0.408 e. The van der Waals surface area contributed by atoms with Crippen LogP contribution in [-0.4, -0.2) is 23.6 Å². The summed E-state index contributed by atoms with van der Waals surface area (Å²) in [5.41, 5.74) is 5.28. The second-order valence-electron chi connectivity index (χ2n) is 5.12. The Labute approximate surface area is 141 Å². The van der Waals surface area contributed by atoms with Gasteiger partial charge in [-0.15, -0.1) is 0 Å². The van der Waals surface area contributed by atoms with Gasteiger partial charge < -0.3 is 0 Å². The quantitative estimate of drug-likeness (QED) is 0.892. The lowest BCUT2D eigenvalue weighted by Crippen LogP contribution is -2.29.